The van der Waals surface area contributed by atoms with Crippen molar-refractivity contribution < 1.29 is 4.79 Å². The maximum atomic E-state index is 12.3. The summed E-state index contributed by atoms with van der Waals surface area (Å²) < 4.78 is 1.64. The van der Waals surface area contributed by atoms with Crippen LogP contribution in [0, 0.1) is 5.92 Å². The van der Waals surface area contributed by atoms with Crippen molar-refractivity contribution >= 4 is 5.91 Å². The standard InChI is InChI=1S/C16H21N7O/c24-16(17-8-15-13-2-1-3-14(13)19-20-15)12-6-4-11(5-7-12)9-23-10-18-21-22-23/h4-7,10,13-15,19-20H,1-3,8-9H2,(H,17,24). The molecule has 24 heavy (non-hydrogen) atoms. The number of nitrogens with one attached hydrogen (secondary N) is 3. The molecule has 1 amide bonds. The zero-order chi connectivity index (χ0) is 16.4. The summed E-state index contributed by atoms with van der Waals surface area (Å²) in [6, 6.07) is 8.43. The monoisotopic (exact) mass is 327 g/mol. The normalized spacial score (nSPS) is 25.6. The molecule has 2 fully saturated rings. The molecule has 1 aliphatic carbocycles. The molecule has 3 unspecified atom stereocenters. The van der Waals surface area contributed by atoms with Gasteiger partial charge in [-0.1, -0.05) is 18.6 Å². The molecule has 126 valence electrons. The van der Waals surface area contributed by atoms with Crippen molar-refractivity contribution in [3.8, 4) is 0 Å². The highest BCUT2D eigenvalue weighted by molar-refractivity contribution is 5.94. The molecule has 4 rings (SSSR count). The summed E-state index contributed by atoms with van der Waals surface area (Å²) in [6.45, 7) is 1.25. The fraction of sp³-hybridized carbons (Fsp3) is 0.500. The van der Waals surface area contributed by atoms with Crippen LogP contribution in [0.3, 0.4) is 0 Å². The number of fused-ring (bicyclic) bond motifs is 1. The Balaban J connectivity index is 1.31. The van der Waals surface area contributed by atoms with E-state index in [1.165, 1.54) is 19.3 Å². The van der Waals surface area contributed by atoms with Crippen LogP contribution in [-0.4, -0.2) is 44.7 Å². The van der Waals surface area contributed by atoms with Crippen molar-refractivity contribution in [1.29, 1.82) is 0 Å². The van der Waals surface area contributed by atoms with E-state index in [1.807, 2.05) is 24.3 Å². The van der Waals surface area contributed by atoms with E-state index in [-0.39, 0.29) is 5.91 Å². The molecule has 3 atom stereocenters. The third-order valence-corrected chi connectivity index (χ3v) is 4.98. The number of tetrazole rings is 1. The zero-order valence-corrected chi connectivity index (χ0v) is 13.4. The summed E-state index contributed by atoms with van der Waals surface area (Å²) in [6.07, 6.45) is 5.30. The van der Waals surface area contributed by atoms with E-state index in [0.717, 1.165) is 5.56 Å². The molecule has 3 N–H and O–H groups in total. The summed E-state index contributed by atoms with van der Waals surface area (Å²) in [5.74, 6) is 0.594. The van der Waals surface area contributed by atoms with Crippen LogP contribution in [0.2, 0.25) is 0 Å². The Hall–Kier alpha value is -2.32. The third kappa shape index (κ3) is 3.15. The minimum absolute atomic E-state index is 0.0350. The molecule has 2 heterocycles. The van der Waals surface area contributed by atoms with Gasteiger partial charge in [-0.3, -0.25) is 15.6 Å². The molecule has 1 aliphatic heterocycles. The fourth-order valence-corrected chi connectivity index (χ4v) is 3.68. The van der Waals surface area contributed by atoms with Crippen LogP contribution in [0.25, 0.3) is 0 Å². The molecule has 0 bridgehead atoms. The second kappa shape index (κ2) is 6.66. The van der Waals surface area contributed by atoms with E-state index in [1.54, 1.807) is 11.0 Å². The van der Waals surface area contributed by atoms with E-state index < -0.39 is 0 Å². The van der Waals surface area contributed by atoms with Crippen molar-refractivity contribution in [1.82, 2.24) is 36.4 Å². The summed E-state index contributed by atoms with van der Waals surface area (Å²) in [5.41, 5.74) is 8.37. The summed E-state index contributed by atoms with van der Waals surface area (Å²) >= 11 is 0. The average molecular weight is 327 g/mol. The van der Waals surface area contributed by atoms with Gasteiger partial charge in [0, 0.05) is 24.2 Å². The molecular weight excluding hydrogens is 306 g/mol. The van der Waals surface area contributed by atoms with Gasteiger partial charge in [0.1, 0.15) is 6.33 Å². The van der Waals surface area contributed by atoms with Gasteiger partial charge in [-0.05, 0) is 46.9 Å². The Bertz CT molecular complexity index is 685. The van der Waals surface area contributed by atoms with Crippen LogP contribution >= 0.6 is 0 Å². The predicted molar refractivity (Wildman–Crippen MR) is 86.9 cm³/mol. The number of carbonyl (C=O) groups excluding carboxylic acids is 1. The number of carbonyl (C=O) groups is 1. The predicted octanol–water partition coefficient (Wildman–Crippen LogP) is 0.0963. The minimum atomic E-state index is -0.0350. The summed E-state index contributed by atoms with van der Waals surface area (Å²) in [4.78, 5) is 12.3. The Kier molecular flexibility index (Phi) is 4.22. The SMILES string of the molecule is O=C(NCC1NNC2CCCC21)c1ccc(Cn2cnnn2)cc1. The van der Waals surface area contributed by atoms with Crippen LogP contribution < -0.4 is 16.2 Å². The molecular formula is C16H21N7O. The van der Waals surface area contributed by atoms with Crippen molar-refractivity contribution in [2.45, 2.75) is 37.9 Å². The van der Waals surface area contributed by atoms with Crippen molar-refractivity contribution in [2.24, 2.45) is 5.92 Å². The maximum Gasteiger partial charge on any atom is 0.251 e. The average Bonchev–Trinajstić information content (AvgIpc) is 3.32. The summed E-state index contributed by atoms with van der Waals surface area (Å²) in [7, 11) is 0. The number of hydrogen-bond donors (Lipinski definition) is 3. The Morgan fingerprint density at radius 2 is 2.12 bits per heavy atom. The molecule has 0 spiro atoms. The molecule has 2 aliphatic rings. The van der Waals surface area contributed by atoms with Gasteiger partial charge >= 0.3 is 0 Å². The fourth-order valence-electron chi connectivity index (χ4n) is 3.68. The number of amides is 1. The van der Waals surface area contributed by atoms with Gasteiger partial charge in [-0.15, -0.1) is 5.10 Å². The van der Waals surface area contributed by atoms with Crippen LogP contribution in [0.15, 0.2) is 30.6 Å². The Labute approximate surface area is 140 Å². The van der Waals surface area contributed by atoms with Gasteiger partial charge in [0.2, 0.25) is 0 Å². The Morgan fingerprint density at radius 3 is 2.92 bits per heavy atom. The molecule has 1 saturated carbocycles. The molecule has 1 saturated heterocycles. The van der Waals surface area contributed by atoms with E-state index in [9.17, 15) is 4.79 Å². The Morgan fingerprint density at radius 1 is 1.25 bits per heavy atom. The lowest BCUT2D eigenvalue weighted by Gasteiger charge is -2.17. The molecule has 8 heteroatoms. The lowest BCUT2D eigenvalue weighted by Crippen LogP contribution is -2.42. The third-order valence-electron chi connectivity index (χ3n) is 4.98. The molecule has 1 aromatic carbocycles. The minimum Gasteiger partial charge on any atom is -0.350 e. The highest BCUT2D eigenvalue weighted by Gasteiger charge is 2.38. The number of nitrogens with zero attached hydrogens (tertiary/aromatic N) is 4. The van der Waals surface area contributed by atoms with Crippen molar-refractivity contribution in [2.75, 3.05) is 6.54 Å². The number of hydrogen-bond acceptors (Lipinski definition) is 6. The first-order valence-corrected chi connectivity index (χ1v) is 8.38. The lowest BCUT2D eigenvalue weighted by molar-refractivity contribution is 0.0948. The highest BCUT2D eigenvalue weighted by atomic mass is 16.1. The van der Waals surface area contributed by atoms with Gasteiger partial charge in [0.05, 0.1) is 6.54 Å². The van der Waals surface area contributed by atoms with Crippen molar-refractivity contribution in [3.63, 3.8) is 0 Å². The second-order valence-corrected chi connectivity index (χ2v) is 6.51. The highest BCUT2D eigenvalue weighted by Crippen LogP contribution is 2.31. The van der Waals surface area contributed by atoms with Crippen LogP contribution in [0.4, 0.5) is 0 Å². The van der Waals surface area contributed by atoms with E-state index >= 15 is 0 Å². The summed E-state index contributed by atoms with van der Waals surface area (Å²) in [5, 5.41) is 14.1. The zero-order valence-electron chi connectivity index (χ0n) is 13.4. The van der Waals surface area contributed by atoms with Crippen LogP contribution in [0.5, 0.6) is 0 Å². The van der Waals surface area contributed by atoms with Crippen LogP contribution in [-0.2, 0) is 6.54 Å². The number of hydrazine groups is 1. The largest absolute Gasteiger partial charge is 0.350 e. The topological polar surface area (TPSA) is 96.8 Å². The maximum absolute atomic E-state index is 12.3. The van der Waals surface area contributed by atoms with Gasteiger partial charge in [-0.2, -0.15) is 0 Å². The molecule has 8 nitrogen and oxygen atoms in total. The van der Waals surface area contributed by atoms with E-state index in [0.29, 0.717) is 36.7 Å². The number of rotatable bonds is 5. The smallest absolute Gasteiger partial charge is 0.251 e. The van der Waals surface area contributed by atoms with Crippen molar-refractivity contribution in [3.05, 3.63) is 41.7 Å². The number of benzene rings is 1. The number of aromatic nitrogens is 4. The first kappa shape index (κ1) is 15.2. The molecule has 0 radical (unpaired) electrons. The van der Waals surface area contributed by atoms with Gasteiger partial charge in [0.15, 0.2) is 0 Å². The first-order chi connectivity index (χ1) is 11.8. The second-order valence-electron chi connectivity index (χ2n) is 6.51. The first-order valence-electron chi connectivity index (χ1n) is 8.38. The van der Waals surface area contributed by atoms with E-state index in [2.05, 4.69) is 31.7 Å². The van der Waals surface area contributed by atoms with Gasteiger partial charge in [-0.25, -0.2) is 4.68 Å². The molecule has 2 aromatic rings. The lowest BCUT2D eigenvalue weighted by atomic mass is 9.97. The van der Waals surface area contributed by atoms with Gasteiger partial charge in [0.25, 0.3) is 5.91 Å². The van der Waals surface area contributed by atoms with Gasteiger partial charge < -0.3 is 5.32 Å². The van der Waals surface area contributed by atoms with Crippen LogP contribution in [0.1, 0.15) is 35.2 Å². The molecule has 1 aromatic heterocycles. The van der Waals surface area contributed by atoms with E-state index in [4.69, 9.17) is 0 Å². The quantitative estimate of drug-likeness (QED) is 0.720.